The lowest BCUT2D eigenvalue weighted by atomic mass is 9.75. The first-order valence-corrected chi connectivity index (χ1v) is 7.62. The quantitative estimate of drug-likeness (QED) is 0.837. The molecular weight excluding hydrogens is 226 g/mol. The second-order valence-corrected chi connectivity index (χ2v) is 6.22. The van der Waals surface area contributed by atoms with Crippen LogP contribution in [-0.2, 0) is 9.47 Å². The van der Waals surface area contributed by atoms with Crippen molar-refractivity contribution in [2.24, 2.45) is 11.8 Å². The van der Waals surface area contributed by atoms with Crippen molar-refractivity contribution in [2.45, 2.75) is 58.1 Å². The van der Waals surface area contributed by atoms with Gasteiger partial charge in [0.15, 0.2) is 0 Å². The Morgan fingerprint density at radius 3 is 2.56 bits per heavy atom. The van der Waals surface area contributed by atoms with Gasteiger partial charge in [0.2, 0.25) is 0 Å². The number of hydrogen-bond acceptors (Lipinski definition) is 3. The van der Waals surface area contributed by atoms with Gasteiger partial charge >= 0.3 is 0 Å². The van der Waals surface area contributed by atoms with E-state index in [1.54, 1.807) is 0 Å². The Bertz CT molecular complexity index is 243. The molecule has 1 N–H and O–H groups in total. The van der Waals surface area contributed by atoms with Crippen molar-refractivity contribution in [1.29, 1.82) is 0 Å². The lowest BCUT2D eigenvalue weighted by molar-refractivity contribution is -0.151. The monoisotopic (exact) mass is 255 g/mol. The predicted octanol–water partition coefficient (Wildman–Crippen LogP) is 2.60. The molecule has 0 saturated carbocycles. The summed E-state index contributed by atoms with van der Waals surface area (Å²) in [4.78, 5) is 0. The van der Waals surface area contributed by atoms with Crippen LogP contribution >= 0.6 is 0 Å². The zero-order chi connectivity index (χ0) is 13.0. The summed E-state index contributed by atoms with van der Waals surface area (Å²) in [5, 5.41) is 3.69. The van der Waals surface area contributed by atoms with Crippen LogP contribution in [0.2, 0.25) is 0 Å². The highest BCUT2D eigenvalue weighted by atomic mass is 16.5. The van der Waals surface area contributed by atoms with E-state index < -0.39 is 0 Å². The summed E-state index contributed by atoms with van der Waals surface area (Å²) in [6.07, 6.45) is 4.59. The fraction of sp³-hybridized carbons (Fsp3) is 1.00. The molecule has 2 unspecified atom stereocenters. The normalized spacial score (nSPS) is 29.7. The predicted molar refractivity (Wildman–Crippen MR) is 73.8 cm³/mol. The van der Waals surface area contributed by atoms with E-state index in [0.29, 0.717) is 12.0 Å². The Morgan fingerprint density at radius 1 is 1.22 bits per heavy atom. The molecule has 2 fully saturated rings. The van der Waals surface area contributed by atoms with E-state index in [0.717, 1.165) is 45.1 Å². The van der Waals surface area contributed by atoms with Gasteiger partial charge in [0.25, 0.3) is 0 Å². The van der Waals surface area contributed by atoms with Gasteiger partial charge in [-0.05, 0) is 44.1 Å². The molecule has 0 aromatic rings. The average Bonchev–Trinajstić information content (AvgIpc) is 2.36. The third kappa shape index (κ3) is 3.25. The zero-order valence-electron chi connectivity index (χ0n) is 12.2. The van der Waals surface area contributed by atoms with Gasteiger partial charge in [-0.1, -0.05) is 20.8 Å². The lowest BCUT2D eigenvalue weighted by Gasteiger charge is -2.46. The van der Waals surface area contributed by atoms with Crippen LogP contribution in [0.15, 0.2) is 0 Å². The fourth-order valence-electron chi connectivity index (χ4n) is 3.65. The van der Waals surface area contributed by atoms with Crippen molar-refractivity contribution in [2.75, 3.05) is 26.4 Å². The Labute approximate surface area is 112 Å². The SMILES string of the molecule is CCNC(C(C)C)C1CCOC2(CCOCC2)C1. The summed E-state index contributed by atoms with van der Waals surface area (Å²) in [6.45, 7) is 10.6. The summed E-state index contributed by atoms with van der Waals surface area (Å²) in [6, 6.07) is 0.638. The smallest absolute Gasteiger partial charge is 0.0729 e. The third-order valence-corrected chi connectivity index (χ3v) is 4.60. The maximum atomic E-state index is 6.14. The highest BCUT2D eigenvalue weighted by molar-refractivity contribution is 4.93. The van der Waals surface area contributed by atoms with Gasteiger partial charge < -0.3 is 14.8 Å². The van der Waals surface area contributed by atoms with Crippen molar-refractivity contribution < 1.29 is 9.47 Å². The maximum Gasteiger partial charge on any atom is 0.0729 e. The van der Waals surface area contributed by atoms with Crippen LogP contribution in [0.4, 0.5) is 0 Å². The van der Waals surface area contributed by atoms with Gasteiger partial charge in [-0.2, -0.15) is 0 Å². The van der Waals surface area contributed by atoms with Crippen molar-refractivity contribution >= 4 is 0 Å². The topological polar surface area (TPSA) is 30.5 Å². The van der Waals surface area contributed by atoms with E-state index >= 15 is 0 Å². The van der Waals surface area contributed by atoms with E-state index in [4.69, 9.17) is 9.47 Å². The molecule has 3 heteroatoms. The van der Waals surface area contributed by atoms with E-state index in [-0.39, 0.29) is 5.60 Å². The number of rotatable bonds is 4. The van der Waals surface area contributed by atoms with Crippen LogP contribution in [0.5, 0.6) is 0 Å². The Kier molecular flexibility index (Phi) is 5.05. The number of ether oxygens (including phenoxy) is 2. The van der Waals surface area contributed by atoms with Gasteiger partial charge in [-0.15, -0.1) is 0 Å². The molecule has 1 spiro atoms. The average molecular weight is 255 g/mol. The minimum atomic E-state index is 0.129. The third-order valence-electron chi connectivity index (χ3n) is 4.60. The van der Waals surface area contributed by atoms with Crippen molar-refractivity contribution in [3.63, 3.8) is 0 Å². The highest BCUT2D eigenvalue weighted by Crippen LogP contribution is 2.39. The van der Waals surface area contributed by atoms with Crippen molar-refractivity contribution in [3.8, 4) is 0 Å². The van der Waals surface area contributed by atoms with E-state index in [1.807, 2.05) is 0 Å². The highest BCUT2D eigenvalue weighted by Gasteiger charge is 2.41. The molecule has 106 valence electrons. The van der Waals surface area contributed by atoms with Crippen molar-refractivity contribution in [1.82, 2.24) is 5.32 Å². The molecule has 0 aromatic heterocycles. The molecule has 2 saturated heterocycles. The van der Waals surface area contributed by atoms with Crippen LogP contribution in [0.3, 0.4) is 0 Å². The Morgan fingerprint density at radius 2 is 1.94 bits per heavy atom. The van der Waals surface area contributed by atoms with Crippen LogP contribution < -0.4 is 5.32 Å². The van der Waals surface area contributed by atoms with Crippen LogP contribution in [-0.4, -0.2) is 38.0 Å². The summed E-state index contributed by atoms with van der Waals surface area (Å²) >= 11 is 0. The largest absolute Gasteiger partial charge is 0.381 e. The molecule has 2 aliphatic heterocycles. The molecule has 0 radical (unpaired) electrons. The van der Waals surface area contributed by atoms with Gasteiger partial charge in [-0.3, -0.25) is 0 Å². The summed E-state index contributed by atoms with van der Waals surface area (Å²) in [5.74, 6) is 1.46. The summed E-state index contributed by atoms with van der Waals surface area (Å²) in [5.41, 5.74) is 0.129. The Hall–Kier alpha value is -0.120. The van der Waals surface area contributed by atoms with Gasteiger partial charge in [0, 0.05) is 25.9 Å². The molecule has 0 aliphatic carbocycles. The summed E-state index contributed by atoms with van der Waals surface area (Å²) in [7, 11) is 0. The summed E-state index contributed by atoms with van der Waals surface area (Å²) < 4.78 is 11.6. The minimum Gasteiger partial charge on any atom is -0.381 e. The molecule has 0 amide bonds. The first kappa shape index (κ1) is 14.3. The zero-order valence-corrected chi connectivity index (χ0v) is 12.2. The number of nitrogens with one attached hydrogen (secondary N) is 1. The van der Waals surface area contributed by atoms with E-state index in [2.05, 4.69) is 26.1 Å². The minimum absolute atomic E-state index is 0.129. The van der Waals surface area contributed by atoms with Crippen LogP contribution in [0, 0.1) is 11.8 Å². The maximum absolute atomic E-state index is 6.14. The fourth-order valence-corrected chi connectivity index (χ4v) is 3.65. The molecule has 3 nitrogen and oxygen atoms in total. The molecule has 2 aliphatic rings. The molecule has 0 aromatic carbocycles. The molecule has 2 rings (SSSR count). The van der Waals surface area contributed by atoms with Crippen molar-refractivity contribution in [3.05, 3.63) is 0 Å². The first-order valence-electron chi connectivity index (χ1n) is 7.62. The second-order valence-electron chi connectivity index (χ2n) is 6.22. The van der Waals surface area contributed by atoms with Gasteiger partial charge in [0.05, 0.1) is 5.60 Å². The van der Waals surface area contributed by atoms with Gasteiger partial charge in [-0.25, -0.2) is 0 Å². The second kappa shape index (κ2) is 6.36. The van der Waals surface area contributed by atoms with E-state index in [9.17, 15) is 0 Å². The first-order chi connectivity index (χ1) is 8.67. The van der Waals surface area contributed by atoms with Crippen LogP contribution in [0.1, 0.15) is 46.5 Å². The number of hydrogen-bond donors (Lipinski definition) is 1. The Balaban J connectivity index is 1.99. The standard InChI is InChI=1S/C15H29NO2/c1-4-16-14(12(2)3)13-5-8-18-15(11-13)6-9-17-10-7-15/h12-14,16H,4-11H2,1-3H3. The molecule has 2 atom stereocenters. The molecular formula is C15H29NO2. The molecule has 2 heterocycles. The van der Waals surface area contributed by atoms with Gasteiger partial charge in [0.1, 0.15) is 0 Å². The van der Waals surface area contributed by atoms with Crippen LogP contribution in [0.25, 0.3) is 0 Å². The molecule has 18 heavy (non-hydrogen) atoms. The lowest BCUT2D eigenvalue weighted by Crippen LogP contribution is -2.50. The van der Waals surface area contributed by atoms with E-state index in [1.165, 1.54) is 12.8 Å². The molecule has 0 bridgehead atoms.